The van der Waals surface area contributed by atoms with Crippen molar-refractivity contribution in [3.63, 3.8) is 0 Å². The van der Waals surface area contributed by atoms with Gasteiger partial charge in [0.05, 0.1) is 24.7 Å². The molecule has 11 nitrogen and oxygen atoms in total. The van der Waals surface area contributed by atoms with Crippen molar-refractivity contribution in [3.05, 3.63) is 70.7 Å². The molecule has 0 unspecified atom stereocenters. The Balaban J connectivity index is 1.24. The molecule has 3 aromatic rings. The maximum absolute atomic E-state index is 14.7. The molecule has 12 heteroatoms. The highest BCUT2D eigenvalue weighted by Crippen LogP contribution is 2.34. The van der Waals surface area contributed by atoms with Gasteiger partial charge in [0.2, 0.25) is 11.8 Å². The number of carbonyl (C=O) groups excluding carboxylic acids is 3. The first-order valence-corrected chi connectivity index (χ1v) is 19.0. The second-order valence-electron chi connectivity index (χ2n) is 14.4. The minimum atomic E-state index is -1.00. The fraction of sp³-hybridized carbons (Fsp3) is 0.525. The molecule has 280 valence electrons. The van der Waals surface area contributed by atoms with E-state index in [4.69, 9.17) is 32.5 Å². The number of piperazine rings is 1. The van der Waals surface area contributed by atoms with Crippen LogP contribution in [-0.2, 0) is 22.7 Å². The molecule has 6 rings (SSSR count). The molecule has 3 aliphatic rings. The highest BCUT2D eigenvalue weighted by Gasteiger charge is 2.41. The van der Waals surface area contributed by atoms with Gasteiger partial charge in [-0.25, -0.2) is 4.79 Å². The monoisotopic (exact) mass is 733 g/mol. The summed E-state index contributed by atoms with van der Waals surface area (Å²) in [6.07, 6.45) is 7.64. The molecule has 0 bridgehead atoms. The fourth-order valence-electron chi connectivity index (χ4n) is 7.80. The average Bonchev–Trinajstić information content (AvgIpc) is 3.18. The Hall–Kier alpha value is -3.90. The van der Waals surface area contributed by atoms with E-state index >= 15 is 0 Å². The predicted octanol–water partition coefficient (Wildman–Crippen LogP) is 5.49. The largest absolute Gasteiger partial charge is 0.496 e. The Kier molecular flexibility index (Phi) is 12.4. The van der Waals surface area contributed by atoms with Gasteiger partial charge in [0.1, 0.15) is 11.8 Å². The molecular weight excluding hydrogens is 680 g/mol. The molecule has 0 spiro atoms. The number of rotatable bonds is 11. The van der Waals surface area contributed by atoms with Crippen LogP contribution in [0.2, 0.25) is 5.02 Å². The summed E-state index contributed by atoms with van der Waals surface area (Å²) < 4.78 is 20.6. The summed E-state index contributed by atoms with van der Waals surface area (Å²) in [4.78, 5) is 45.6. The molecule has 1 heterocycles. The van der Waals surface area contributed by atoms with E-state index in [1.54, 1.807) is 18.1 Å². The van der Waals surface area contributed by atoms with Gasteiger partial charge < -0.3 is 41.4 Å². The number of fused-ring (bicyclic) bond motifs is 1. The van der Waals surface area contributed by atoms with Crippen LogP contribution in [0, 0.1) is 5.89 Å². The van der Waals surface area contributed by atoms with Gasteiger partial charge in [-0.3, -0.25) is 9.59 Å². The van der Waals surface area contributed by atoms with Crippen LogP contribution >= 0.6 is 11.6 Å². The van der Waals surface area contributed by atoms with Gasteiger partial charge in [-0.05, 0) is 61.1 Å². The van der Waals surface area contributed by atoms with E-state index in [0.29, 0.717) is 23.7 Å². The van der Waals surface area contributed by atoms with Crippen LogP contribution in [0.15, 0.2) is 54.6 Å². The van der Waals surface area contributed by atoms with E-state index in [2.05, 4.69) is 10.6 Å². The van der Waals surface area contributed by atoms with Gasteiger partial charge in [0, 0.05) is 50.6 Å². The van der Waals surface area contributed by atoms with Gasteiger partial charge in [-0.2, -0.15) is 0 Å². The van der Waals surface area contributed by atoms with Crippen LogP contribution in [0.25, 0.3) is 10.8 Å². The lowest BCUT2D eigenvalue weighted by molar-refractivity contribution is -0.145. The first-order chi connectivity index (χ1) is 25.6. The number of carbonyl (C=O) groups is 3. The minimum Gasteiger partial charge on any atom is -0.496 e. The molecule has 6 N–H and O–H groups in total. The first kappa shape index (κ1) is 36.5. The lowest BCUT2D eigenvalue weighted by Crippen LogP contribution is -2.65. The Morgan fingerprint density at radius 2 is 1.75 bits per heavy atom. The number of ether oxygens (including phenoxy) is 2. The molecular formula is C40H53ClN6O5. The number of nitrogens with zero attached hydrogens (tertiary/aromatic N) is 2. The predicted molar refractivity (Wildman–Crippen MR) is 203 cm³/mol. The van der Waals surface area contributed by atoms with E-state index in [1.165, 1.54) is 4.90 Å². The Bertz CT molecular complexity index is 1760. The molecule has 0 aromatic heterocycles. The number of benzene rings is 3. The van der Waals surface area contributed by atoms with Crippen molar-refractivity contribution >= 4 is 40.3 Å². The topological polar surface area (TPSA) is 152 Å². The zero-order chi connectivity index (χ0) is 37.5. The van der Waals surface area contributed by atoms with Crippen molar-refractivity contribution in [1.29, 1.82) is 0 Å². The van der Waals surface area contributed by atoms with Gasteiger partial charge in [-0.1, -0.05) is 86.2 Å². The summed E-state index contributed by atoms with van der Waals surface area (Å²) in [5.41, 5.74) is 13.7. The summed E-state index contributed by atoms with van der Waals surface area (Å²) >= 11 is 6.66. The van der Waals surface area contributed by atoms with E-state index in [-0.39, 0.29) is 49.9 Å². The summed E-state index contributed by atoms with van der Waals surface area (Å²) in [5, 5.41) is 8.63. The number of hydrogen-bond acceptors (Lipinski definition) is 8. The Morgan fingerprint density at radius 1 is 0.981 bits per heavy atom. The number of amides is 3. The molecule has 52 heavy (non-hydrogen) atoms. The first-order valence-electron chi connectivity index (χ1n) is 19.2. The Labute approximate surface area is 313 Å². The molecule has 2 saturated carbocycles. The Morgan fingerprint density at radius 3 is 2.50 bits per heavy atom. The van der Waals surface area contributed by atoms with Crippen LogP contribution < -0.4 is 31.6 Å². The molecule has 3 fully saturated rings. The standard InChI is InChI=1S/C40H53ClN6O5/c1-51-36-22-27(11-12-29(36)23-42)24-44-38(48)34-25-46(40(50)52-35-18-13-28-9-5-6-10-32(28)37(35)41)19-20-47(34)39(49)33(21-26-7-3-2-4-8-26)45-31-16-14-30(43)15-17-31/h5-6,9-13,18,22,26,30-31,33-34,45H,2-4,7-8,14-17,19-21,23-25,42-43H2,1H3,(H,44,48)/t30?,31?,33-,34-/m0/s1/i26D. The lowest BCUT2D eigenvalue weighted by atomic mass is 9.83. The van der Waals surface area contributed by atoms with Crippen molar-refractivity contribution < 1.29 is 25.2 Å². The number of hydrogen-bond donors (Lipinski definition) is 4. The summed E-state index contributed by atoms with van der Waals surface area (Å²) in [6, 6.07) is 15.2. The van der Waals surface area contributed by atoms with Gasteiger partial charge in [0.15, 0.2) is 5.75 Å². The van der Waals surface area contributed by atoms with E-state index in [0.717, 1.165) is 79.7 Å². The second kappa shape index (κ2) is 17.7. The van der Waals surface area contributed by atoms with Crippen molar-refractivity contribution in [2.75, 3.05) is 26.7 Å². The zero-order valence-corrected chi connectivity index (χ0v) is 30.8. The third-order valence-electron chi connectivity index (χ3n) is 10.8. The zero-order valence-electron chi connectivity index (χ0n) is 31.1. The number of halogens is 1. The molecule has 1 saturated heterocycles. The van der Waals surface area contributed by atoms with Crippen LogP contribution in [-0.4, -0.2) is 78.6 Å². The van der Waals surface area contributed by atoms with Crippen LogP contribution in [0.3, 0.4) is 0 Å². The van der Waals surface area contributed by atoms with Gasteiger partial charge in [0.25, 0.3) is 0 Å². The van der Waals surface area contributed by atoms with Crippen LogP contribution in [0.4, 0.5) is 4.79 Å². The SMILES string of the molecule is [2H]C1(C[C@H](NC2CCC(N)CC2)C(=O)N2CCN(C(=O)Oc3ccc4ccccc4c3Cl)C[C@H]2C(=O)NCc2ccc(CN)c(OC)c2)CCCCC1. The van der Waals surface area contributed by atoms with Gasteiger partial charge >= 0.3 is 6.09 Å². The van der Waals surface area contributed by atoms with Crippen LogP contribution in [0.5, 0.6) is 11.5 Å². The second-order valence-corrected chi connectivity index (χ2v) is 14.8. The molecule has 3 amide bonds. The maximum Gasteiger partial charge on any atom is 0.415 e. The highest BCUT2D eigenvalue weighted by atomic mass is 35.5. The molecule has 2 aliphatic carbocycles. The number of nitrogens with two attached hydrogens (primary N) is 2. The highest BCUT2D eigenvalue weighted by molar-refractivity contribution is 6.37. The van der Waals surface area contributed by atoms with Crippen molar-refractivity contribution in [3.8, 4) is 11.5 Å². The summed E-state index contributed by atoms with van der Waals surface area (Å²) in [7, 11) is 1.57. The van der Waals surface area contributed by atoms with Gasteiger partial charge in [-0.15, -0.1) is 0 Å². The third-order valence-corrected chi connectivity index (χ3v) is 11.2. The number of nitrogens with one attached hydrogen (secondary N) is 2. The quantitative estimate of drug-likeness (QED) is 0.202. The lowest BCUT2D eigenvalue weighted by Gasteiger charge is -2.42. The molecule has 2 atom stereocenters. The number of methoxy groups -OCH3 is 1. The molecule has 1 aliphatic heterocycles. The molecule has 0 radical (unpaired) electrons. The average molecular weight is 734 g/mol. The van der Waals surface area contributed by atoms with E-state index in [9.17, 15) is 15.8 Å². The fourth-order valence-corrected chi connectivity index (χ4v) is 8.07. The van der Waals surface area contributed by atoms with Crippen molar-refractivity contribution in [2.45, 2.75) is 101 Å². The normalized spacial score (nSPS) is 22.7. The van der Waals surface area contributed by atoms with E-state index < -0.39 is 30.0 Å². The minimum absolute atomic E-state index is 0.0753. The van der Waals surface area contributed by atoms with Crippen LogP contribution in [0.1, 0.15) is 76.7 Å². The third kappa shape index (κ3) is 9.17. The summed E-state index contributed by atoms with van der Waals surface area (Å²) in [6.45, 7) is 0.695. The van der Waals surface area contributed by atoms with E-state index in [1.807, 2.05) is 48.5 Å². The van der Waals surface area contributed by atoms with Crippen molar-refractivity contribution in [1.82, 2.24) is 20.4 Å². The summed E-state index contributed by atoms with van der Waals surface area (Å²) in [5.74, 6) is -0.513. The molecule has 3 aromatic carbocycles. The van der Waals surface area contributed by atoms with Crippen molar-refractivity contribution in [2.24, 2.45) is 17.4 Å². The maximum atomic E-state index is 14.7. The smallest absolute Gasteiger partial charge is 0.415 e.